The molecular formula is C21H24N2O4. The number of ether oxygens (including phenoxy) is 2. The number of nitrogens with one attached hydrogen (secondary N) is 1. The highest BCUT2D eigenvalue weighted by atomic mass is 16.6. The normalized spacial score (nSPS) is 16.9. The third-order valence-corrected chi connectivity index (χ3v) is 4.41. The van der Waals surface area contributed by atoms with Crippen LogP contribution in [0.3, 0.4) is 0 Å². The molecule has 0 bridgehead atoms. The smallest absolute Gasteiger partial charge is 0.264 e. The molecule has 0 radical (unpaired) electrons. The van der Waals surface area contributed by atoms with Crippen LogP contribution in [0.25, 0.3) is 0 Å². The number of amides is 1. The molecule has 1 amide bonds. The van der Waals surface area contributed by atoms with Crippen LogP contribution in [0, 0.1) is 0 Å². The molecule has 0 aromatic heterocycles. The van der Waals surface area contributed by atoms with Gasteiger partial charge in [0.15, 0.2) is 11.5 Å². The van der Waals surface area contributed by atoms with Crippen molar-refractivity contribution in [3.8, 4) is 11.5 Å². The molecule has 0 saturated carbocycles. The third-order valence-electron chi connectivity index (χ3n) is 4.41. The van der Waals surface area contributed by atoms with Gasteiger partial charge in [-0.2, -0.15) is 0 Å². The lowest BCUT2D eigenvalue weighted by atomic mass is 10.0. The first-order valence-electron chi connectivity index (χ1n) is 9.01. The molecule has 1 aliphatic rings. The number of rotatable bonds is 7. The Kier molecular flexibility index (Phi) is 5.96. The van der Waals surface area contributed by atoms with Crippen molar-refractivity contribution >= 4 is 11.6 Å². The van der Waals surface area contributed by atoms with E-state index in [1.54, 1.807) is 7.11 Å². The molecule has 0 aliphatic carbocycles. The van der Waals surface area contributed by atoms with Crippen LogP contribution in [0.1, 0.15) is 37.4 Å². The van der Waals surface area contributed by atoms with Crippen LogP contribution in [0.4, 0.5) is 0 Å². The quantitative estimate of drug-likeness (QED) is 0.813. The molecule has 6 nitrogen and oxygen atoms in total. The van der Waals surface area contributed by atoms with Gasteiger partial charge in [0.2, 0.25) is 6.10 Å². The van der Waals surface area contributed by atoms with Gasteiger partial charge < -0.3 is 19.6 Å². The van der Waals surface area contributed by atoms with Gasteiger partial charge in [0.25, 0.3) is 5.91 Å². The van der Waals surface area contributed by atoms with Gasteiger partial charge in [0, 0.05) is 6.42 Å². The number of hydrogen-bond donors (Lipinski definition) is 1. The summed E-state index contributed by atoms with van der Waals surface area (Å²) >= 11 is 0. The van der Waals surface area contributed by atoms with Crippen molar-refractivity contribution in [1.29, 1.82) is 0 Å². The van der Waals surface area contributed by atoms with Crippen molar-refractivity contribution in [1.82, 2.24) is 5.32 Å². The molecule has 1 aliphatic heterocycles. The monoisotopic (exact) mass is 368 g/mol. The summed E-state index contributed by atoms with van der Waals surface area (Å²) in [7, 11) is 1.60. The molecule has 2 aromatic rings. The van der Waals surface area contributed by atoms with Gasteiger partial charge in [0.05, 0.1) is 25.5 Å². The van der Waals surface area contributed by atoms with Gasteiger partial charge >= 0.3 is 0 Å². The largest absolute Gasteiger partial charge is 0.493 e. The van der Waals surface area contributed by atoms with Crippen molar-refractivity contribution in [3.05, 3.63) is 59.7 Å². The SMILES string of the molecule is CCOc1ccc([C@H](C)NC(=O)[C@@H]2CC(c3ccccc3)=NO2)cc1OC. The van der Waals surface area contributed by atoms with Crippen molar-refractivity contribution < 1.29 is 19.1 Å². The van der Waals surface area contributed by atoms with Crippen LogP contribution in [0.15, 0.2) is 53.7 Å². The number of hydrogen-bond acceptors (Lipinski definition) is 5. The Balaban J connectivity index is 1.61. The number of methoxy groups -OCH3 is 1. The fraction of sp³-hybridized carbons (Fsp3) is 0.333. The fourth-order valence-corrected chi connectivity index (χ4v) is 2.94. The molecule has 3 rings (SSSR count). The molecule has 0 saturated heterocycles. The highest BCUT2D eigenvalue weighted by Gasteiger charge is 2.29. The van der Waals surface area contributed by atoms with Gasteiger partial charge in [-0.25, -0.2) is 0 Å². The third kappa shape index (κ3) is 4.39. The predicted octanol–water partition coefficient (Wildman–Crippen LogP) is 3.46. The molecule has 6 heteroatoms. The maximum atomic E-state index is 12.6. The Morgan fingerprint density at radius 1 is 1.26 bits per heavy atom. The van der Waals surface area contributed by atoms with E-state index in [1.807, 2.05) is 62.4 Å². The van der Waals surface area contributed by atoms with Crippen molar-refractivity contribution in [3.63, 3.8) is 0 Å². The zero-order chi connectivity index (χ0) is 19.2. The Hall–Kier alpha value is -3.02. The summed E-state index contributed by atoms with van der Waals surface area (Å²) in [4.78, 5) is 17.9. The standard InChI is InChI=1S/C21H24N2O4/c1-4-26-18-11-10-16(12-19(18)25-3)14(2)22-21(24)20-13-17(23-27-20)15-8-6-5-7-9-15/h5-12,14,20H,4,13H2,1-3H3,(H,22,24)/t14-,20-/m0/s1. The van der Waals surface area contributed by atoms with E-state index < -0.39 is 6.10 Å². The lowest BCUT2D eigenvalue weighted by Crippen LogP contribution is -2.36. The van der Waals surface area contributed by atoms with Crippen molar-refractivity contribution in [2.24, 2.45) is 5.16 Å². The minimum absolute atomic E-state index is 0.190. The molecule has 0 unspecified atom stereocenters. The van der Waals surface area contributed by atoms with E-state index in [1.165, 1.54) is 0 Å². The zero-order valence-electron chi connectivity index (χ0n) is 15.8. The first-order chi connectivity index (χ1) is 13.1. The second-order valence-electron chi connectivity index (χ2n) is 6.28. The maximum absolute atomic E-state index is 12.6. The number of carbonyl (C=O) groups excluding carboxylic acids is 1. The fourth-order valence-electron chi connectivity index (χ4n) is 2.94. The minimum Gasteiger partial charge on any atom is -0.493 e. The van der Waals surface area contributed by atoms with Gasteiger partial charge in [-0.1, -0.05) is 41.6 Å². The molecule has 142 valence electrons. The summed E-state index contributed by atoms with van der Waals surface area (Å²) in [5.41, 5.74) is 2.68. The molecule has 0 spiro atoms. The summed E-state index contributed by atoms with van der Waals surface area (Å²) in [6.07, 6.45) is -0.165. The Bertz CT molecular complexity index is 820. The number of nitrogens with zero attached hydrogens (tertiary/aromatic N) is 1. The van der Waals surface area contributed by atoms with Crippen molar-refractivity contribution in [2.75, 3.05) is 13.7 Å². The Morgan fingerprint density at radius 2 is 2.04 bits per heavy atom. The van der Waals surface area contributed by atoms with E-state index >= 15 is 0 Å². The first-order valence-corrected chi connectivity index (χ1v) is 9.01. The predicted molar refractivity (Wildman–Crippen MR) is 103 cm³/mol. The molecular weight excluding hydrogens is 344 g/mol. The molecule has 1 N–H and O–H groups in total. The van der Waals surface area contributed by atoms with Crippen LogP contribution >= 0.6 is 0 Å². The van der Waals surface area contributed by atoms with Crippen LogP contribution in [-0.4, -0.2) is 31.4 Å². The topological polar surface area (TPSA) is 69.2 Å². The Labute approximate surface area is 159 Å². The molecule has 27 heavy (non-hydrogen) atoms. The van der Waals surface area contributed by atoms with E-state index in [-0.39, 0.29) is 11.9 Å². The van der Waals surface area contributed by atoms with E-state index in [0.717, 1.165) is 16.8 Å². The first kappa shape index (κ1) is 18.8. The lowest BCUT2D eigenvalue weighted by Gasteiger charge is -2.18. The van der Waals surface area contributed by atoms with Crippen molar-refractivity contribution in [2.45, 2.75) is 32.4 Å². The van der Waals surface area contributed by atoms with E-state index in [0.29, 0.717) is 24.5 Å². The maximum Gasteiger partial charge on any atom is 0.264 e. The van der Waals surface area contributed by atoms with Crippen LogP contribution in [0.2, 0.25) is 0 Å². The lowest BCUT2D eigenvalue weighted by molar-refractivity contribution is -0.131. The Morgan fingerprint density at radius 3 is 2.74 bits per heavy atom. The van der Waals surface area contributed by atoms with E-state index in [2.05, 4.69) is 10.5 Å². The van der Waals surface area contributed by atoms with E-state index in [4.69, 9.17) is 14.3 Å². The summed E-state index contributed by atoms with van der Waals surface area (Å²) in [6.45, 7) is 4.40. The number of oxime groups is 1. The molecule has 1 heterocycles. The van der Waals surface area contributed by atoms with E-state index in [9.17, 15) is 4.79 Å². The molecule has 2 aromatic carbocycles. The highest BCUT2D eigenvalue weighted by molar-refractivity contribution is 6.04. The molecule has 2 atom stereocenters. The van der Waals surface area contributed by atoms with Crippen LogP contribution in [-0.2, 0) is 9.63 Å². The minimum atomic E-state index is -0.618. The van der Waals surface area contributed by atoms with Gasteiger partial charge in [-0.05, 0) is 37.1 Å². The van der Waals surface area contributed by atoms with Crippen LogP contribution < -0.4 is 14.8 Å². The van der Waals surface area contributed by atoms with Gasteiger partial charge in [-0.15, -0.1) is 0 Å². The summed E-state index contributed by atoms with van der Waals surface area (Å²) in [5, 5.41) is 7.05. The summed E-state index contributed by atoms with van der Waals surface area (Å²) in [5.74, 6) is 1.13. The number of carbonyl (C=O) groups is 1. The summed E-state index contributed by atoms with van der Waals surface area (Å²) in [6, 6.07) is 15.2. The second-order valence-corrected chi connectivity index (χ2v) is 6.28. The molecule has 0 fully saturated rings. The average molecular weight is 368 g/mol. The van der Waals surface area contributed by atoms with Gasteiger partial charge in [-0.3, -0.25) is 4.79 Å². The second kappa shape index (κ2) is 8.58. The van der Waals surface area contributed by atoms with Crippen LogP contribution in [0.5, 0.6) is 11.5 Å². The van der Waals surface area contributed by atoms with Gasteiger partial charge in [0.1, 0.15) is 0 Å². The zero-order valence-corrected chi connectivity index (χ0v) is 15.8. The summed E-state index contributed by atoms with van der Waals surface area (Å²) < 4.78 is 10.9. The number of benzene rings is 2. The average Bonchev–Trinajstić information content (AvgIpc) is 3.19. The highest BCUT2D eigenvalue weighted by Crippen LogP contribution is 2.30.